The lowest BCUT2D eigenvalue weighted by Crippen LogP contribution is -2.05. The number of hydrogen-bond donors (Lipinski definition) is 0. The van der Waals surface area contributed by atoms with Crippen molar-refractivity contribution in [1.29, 1.82) is 0 Å². The highest BCUT2D eigenvalue weighted by Crippen LogP contribution is 2.28. The molecule has 0 heteroatoms. The minimum absolute atomic E-state index is 0.795. The standard InChI is InChI=1S/C15H26.C2H6/c1-5-12(2)6-9-14(4)15-10-7-13(3)8-11-15;1-2/h7,10,12,14H,5-6,8-9,11H2,1-4H3;1-2H3. The fourth-order valence-corrected chi connectivity index (χ4v) is 2.09. The topological polar surface area (TPSA) is 0 Å². The molecule has 0 nitrogen and oxygen atoms in total. The van der Waals surface area contributed by atoms with Crippen molar-refractivity contribution >= 4 is 0 Å². The molecule has 0 bridgehead atoms. The van der Waals surface area contributed by atoms with Crippen molar-refractivity contribution < 1.29 is 0 Å². The summed E-state index contributed by atoms with van der Waals surface area (Å²) in [5.74, 6) is 1.69. The maximum absolute atomic E-state index is 2.39. The molecule has 0 spiro atoms. The van der Waals surface area contributed by atoms with E-state index >= 15 is 0 Å². The van der Waals surface area contributed by atoms with E-state index in [1.165, 1.54) is 37.7 Å². The van der Waals surface area contributed by atoms with E-state index in [1.807, 2.05) is 13.8 Å². The van der Waals surface area contributed by atoms with E-state index in [9.17, 15) is 0 Å². The van der Waals surface area contributed by atoms with E-state index in [0.29, 0.717) is 0 Å². The monoisotopic (exact) mass is 236 g/mol. The third-order valence-corrected chi connectivity index (χ3v) is 3.81. The molecule has 0 fully saturated rings. The smallest absolute Gasteiger partial charge is 0.0228 e. The van der Waals surface area contributed by atoms with E-state index < -0.39 is 0 Å². The fourth-order valence-electron chi connectivity index (χ4n) is 2.09. The van der Waals surface area contributed by atoms with Crippen molar-refractivity contribution in [2.45, 2.75) is 73.6 Å². The minimum atomic E-state index is 0.795. The van der Waals surface area contributed by atoms with E-state index in [2.05, 4.69) is 39.8 Å². The summed E-state index contributed by atoms with van der Waals surface area (Å²) < 4.78 is 0. The molecule has 1 aliphatic rings. The van der Waals surface area contributed by atoms with Gasteiger partial charge in [0.2, 0.25) is 0 Å². The van der Waals surface area contributed by atoms with Crippen LogP contribution >= 0.6 is 0 Å². The van der Waals surface area contributed by atoms with Gasteiger partial charge in [-0.3, -0.25) is 0 Å². The van der Waals surface area contributed by atoms with Crippen LogP contribution in [0.25, 0.3) is 0 Å². The molecule has 0 heterocycles. The Kier molecular flexibility index (Phi) is 9.21. The van der Waals surface area contributed by atoms with Crippen LogP contribution in [0.15, 0.2) is 23.3 Å². The summed E-state index contributed by atoms with van der Waals surface area (Å²) in [6, 6.07) is 0. The van der Waals surface area contributed by atoms with Gasteiger partial charge in [-0.05, 0) is 38.0 Å². The summed E-state index contributed by atoms with van der Waals surface area (Å²) in [6.07, 6.45) is 11.3. The lowest BCUT2D eigenvalue weighted by atomic mass is 9.86. The second kappa shape index (κ2) is 9.50. The molecule has 0 aliphatic heterocycles. The fraction of sp³-hybridized carbons (Fsp3) is 0.765. The van der Waals surface area contributed by atoms with Crippen LogP contribution in [0.2, 0.25) is 0 Å². The van der Waals surface area contributed by atoms with E-state index in [4.69, 9.17) is 0 Å². The van der Waals surface area contributed by atoms with Crippen molar-refractivity contribution in [3.8, 4) is 0 Å². The molecule has 17 heavy (non-hydrogen) atoms. The van der Waals surface area contributed by atoms with Gasteiger partial charge in [-0.25, -0.2) is 0 Å². The van der Waals surface area contributed by atoms with Gasteiger partial charge in [-0.15, -0.1) is 0 Å². The summed E-state index contributed by atoms with van der Waals surface area (Å²) in [5.41, 5.74) is 3.21. The predicted octanol–water partition coefficient (Wildman–Crippen LogP) is 6.14. The van der Waals surface area contributed by atoms with Crippen LogP contribution in [0.5, 0.6) is 0 Å². The van der Waals surface area contributed by atoms with E-state index in [-0.39, 0.29) is 0 Å². The Morgan fingerprint density at radius 2 is 1.71 bits per heavy atom. The van der Waals surface area contributed by atoms with Crippen LogP contribution in [0.3, 0.4) is 0 Å². The van der Waals surface area contributed by atoms with Gasteiger partial charge in [0.1, 0.15) is 0 Å². The predicted molar refractivity (Wildman–Crippen MR) is 80.3 cm³/mol. The summed E-state index contributed by atoms with van der Waals surface area (Å²) >= 11 is 0. The lowest BCUT2D eigenvalue weighted by Gasteiger charge is -2.20. The normalized spacial score (nSPS) is 18.5. The Bertz CT molecular complexity index is 245. The zero-order chi connectivity index (χ0) is 13.3. The number of rotatable bonds is 5. The summed E-state index contributed by atoms with van der Waals surface area (Å²) in [7, 11) is 0. The molecule has 1 aliphatic carbocycles. The molecular formula is C17H32. The molecule has 2 unspecified atom stereocenters. The van der Waals surface area contributed by atoms with Crippen LogP contribution in [-0.4, -0.2) is 0 Å². The third kappa shape index (κ3) is 6.71. The average molecular weight is 236 g/mol. The Morgan fingerprint density at radius 3 is 2.18 bits per heavy atom. The summed E-state index contributed by atoms with van der Waals surface area (Å²) in [4.78, 5) is 0. The first-order valence-corrected chi connectivity index (χ1v) is 7.49. The van der Waals surface area contributed by atoms with Gasteiger partial charge in [0, 0.05) is 0 Å². The van der Waals surface area contributed by atoms with Crippen molar-refractivity contribution in [3.63, 3.8) is 0 Å². The van der Waals surface area contributed by atoms with E-state index in [1.54, 1.807) is 5.57 Å². The van der Waals surface area contributed by atoms with Gasteiger partial charge in [0.15, 0.2) is 0 Å². The molecule has 0 aromatic carbocycles. The molecule has 0 saturated carbocycles. The largest absolute Gasteiger partial charge is 0.0730 e. The van der Waals surface area contributed by atoms with Crippen LogP contribution in [-0.2, 0) is 0 Å². The minimum Gasteiger partial charge on any atom is -0.0730 e. The molecule has 0 aromatic heterocycles. The molecule has 0 N–H and O–H groups in total. The van der Waals surface area contributed by atoms with Gasteiger partial charge in [-0.2, -0.15) is 0 Å². The van der Waals surface area contributed by atoms with Gasteiger partial charge in [-0.1, -0.05) is 70.8 Å². The average Bonchev–Trinajstić information content (AvgIpc) is 2.38. The summed E-state index contributed by atoms with van der Waals surface area (Å²) in [5, 5.41) is 0. The molecule has 0 amide bonds. The molecule has 100 valence electrons. The number of allylic oxidation sites excluding steroid dienone is 4. The highest BCUT2D eigenvalue weighted by molar-refractivity contribution is 5.24. The quantitative estimate of drug-likeness (QED) is 0.537. The SMILES string of the molecule is CC.CCC(C)CCC(C)C1=CC=C(C)CC1. The zero-order valence-corrected chi connectivity index (χ0v) is 12.8. The third-order valence-electron chi connectivity index (χ3n) is 3.81. The Labute approximate surface area is 109 Å². The molecule has 0 aromatic rings. The van der Waals surface area contributed by atoms with Crippen LogP contribution < -0.4 is 0 Å². The van der Waals surface area contributed by atoms with Crippen LogP contribution in [0.4, 0.5) is 0 Å². The maximum Gasteiger partial charge on any atom is -0.0228 e. The lowest BCUT2D eigenvalue weighted by molar-refractivity contribution is 0.445. The highest BCUT2D eigenvalue weighted by atomic mass is 14.2. The van der Waals surface area contributed by atoms with Crippen molar-refractivity contribution in [2.75, 3.05) is 0 Å². The zero-order valence-electron chi connectivity index (χ0n) is 12.8. The molecular weight excluding hydrogens is 204 g/mol. The van der Waals surface area contributed by atoms with Crippen molar-refractivity contribution in [3.05, 3.63) is 23.3 Å². The van der Waals surface area contributed by atoms with Crippen LogP contribution in [0.1, 0.15) is 73.6 Å². The van der Waals surface area contributed by atoms with Crippen LogP contribution in [0, 0.1) is 11.8 Å². The second-order valence-electron chi connectivity index (χ2n) is 5.25. The Hall–Kier alpha value is -0.520. The van der Waals surface area contributed by atoms with Gasteiger partial charge in [0.25, 0.3) is 0 Å². The number of hydrogen-bond acceptors (Lipinski definition) is 0. The first-order chi connectivity index (χ1) is 8.13. The Balaban J connectivity index is 0.00000121. The molecule has 1 rings (SSSR count). The van der Waals surface area contributed by atoms with Crippen molar-refractivity contribution in [1.82, 2.24) is 0 Å². The first kappa shape index (κ1) is 16.5. The maximum atomic E-state index is 2.39. The Morgan fingerprint density at radius 1 is 1.06 bits per heavy atom. The van der Waals surface area contributed by atoms with E-state index in [0.717, 1.165) is 11.8 Å². The molecule has 2 atom stereocenters. The molecule has 0 saturated heterocycles. The summed E-state index contributed by atoms with van der Waals surface area (Å²) in [6.45, 7) is 13.3. The van der Waals surface area contributed by atoms with Gasteiger partial charge in [0.05, 0.1) is 0 Å². The highest BCUT2D eigenvalue weighted by Gasteiger charge is 2.12. The second-order valence-corrected chi connectivity index (χ2v) is 5.25. The van der Waals surface area contributed by atoms with Gasteiger partial charge >= 0.3 is 0 Å². The molecule has 0 radical (unpaired) electrons. The first-order valence-electron chi connectivity index (χ1n) is 7.49. The van der Waals surface area contributed by atoms with Gasteiger partial charge < -0.3 is 0 Å². The van der Waals surface area contributed by atoms with Crippen molar-refractivity contribution in [2.24, 2.45) is 11.8 Å².